The summed E-state index contributed by atoms with van der Waals surface area (Å²) in [6.45, 7) is 0.162. The molecule has 0 saturated heterocycles. The molecule has 0 amide bonds. The number of hydrogen-bond donors (Lipinski definition) is 0. The van der Waals surface area contributed by atoms with Crippen LogP contribution >= 0.6 is 0 Å². The van der Waals surface area contributed by atoms with Gasteiger partial charge in [-0.25, -0.2) is 0 Å². The minimum atomic E-state index is -0.608. The van der Waals surface area contributed by atoms with Crippen molar-refractivity contribution in [3.63, 3.8) is 0 Å². The maximum atomic E-state index is 10.8. The molecule has 0 spiro atoms. The fourth-order valence-corrected chi connectivity index (χ4v) is 1.90. The smallest absolute Gasteiger partial charge is 0.287 e. The van der Waals surface area contributed by atoms with Crippen LogP contribution in [-0.4, -0.2) is 11.7 Å². The van der Waals surface area contributed by atoms with E-state index in [2.05, 4.69) is 0 Å². The number of nitro groups is 1. The lowest BCUT2D eigenvalue weighted by Gasteiger charge is -2.06. The molecule has 1 aliphatic rings. The zero-order valence-corrected chi connectivity index (χ0v) is 10.6. The largest absolute Gasteiger partial charge is 0.457 e. The van der Waals surface area contributed by atoms with Gasteiger partial charge in [0.2, 0.25) is 6.79 Å². The highest BCUT2D eigenvalue weighted by molar-refractivity contribution is 5.53. The lowest BCUT2D eigenvalue weighted by Crippen LogP contribution is -1.93. The van der Waals surface area contributed by atoms with Gasteiger partial charge in [0.15, 0.2) is 11.5 Å². The Labute approximate surface area is 119 Å². The Morgan fingerprint density at radius 2 is 1.86 bits per heavy atom. The van der Waals surface area contributed by atoms with Crippen LogP contribution < -0.4 is 14.2 Å². The summed E-state index contributed by atoms with van der Waals surface area (Å²) in [5.41, 5.74) is -0.311. The summed E-state index contributed by atoms with van der Waals surface area (Å²) in [5, 5.41) is 19.7. The van der Waals surface area contributed by atoms with Crippen molar-refractivity contribution in [2.75, 3.05) is 6.79 Å². The number of rotatable bonds is 3. The molecule has 0 radical (unpaired) electrons. The molecule has 0 aliphatic carbocycles. The number of nitro benzene ring substituents is 1. The van der Waals surface area contributed by atoms with Gasteiger partial charge in [0.05, 0.1) is 4.92 Å². The number of fused-ring (bicyclic) bond motifs is 1. The topological polar surface area (TPSA) is 94.6 Å². The van der Waals surface area contributed by atoms with Gasteiger partial charge < -0.3 is 14.2 Å². The van der Waals surface area contributed by atoms with E-state index in [1.54, 1.807) is 24.3 Å². The van der Waals surface area contributed by atoms with Gasteiger partial charge in [0.1, 0.15) is 23.1 Å². The maximum Gasteiger partial charge on any atom is 0.287 e. The van der Waals surface area contributed by atoms with Gasteiger partial charge in [0, 0.05) is 18.2 Å². The molecule has 0 fully saturated rings. The second-order valence-electron chi connectivity index (χ2n) is 4.16. The second kappa shape index (κ2) is 5.02. The molecule has 3 rings (SSSR count). The molecule has 1 aliphatic heterocycles. The minimum Gasteiger partial charge on any atom is -0.457 e. The first-order chi connectivity index (χ1) is 10.2. The van der Waals surface area contributed by atoms with E-state index >= 15 is 0 Å². The fourth-order valence-electron chi connectivity index (χ4n) is 1.90. The fraction of sp³-hybridized carbons (Fsp3) is 0.0714. The third-order valence-corrected chi connectivity index (χ3v) is 2.86. The summed E-state index contributed by atoms with van der Waals surface area (Å²) in [4.78, 5) is 10.2. The first-order valence-corrected chi connectivity index (χ1v) is 5.93. The first kappa shape index (κ1) is 12.7. The van der Waals surface area contributed by atoms with E-state index in [-0.39, 0.29) is 18.0 Å². The number of hydrogen-bond acceptors (Lipinski definition) is 6. The van der Waals surface area contributed by atoms with Crippen LogP contribution in [0, 0.1) is 21.4 Å². The van der Waals surface area contributed by atoms with Crippen LogP contribution in [0.5, 0.6) is 23.0 Å². The van der Waals surface area contributed by atoms with Crippen molar-refractivity contribution < 1.29 is 19.1 Å². The van der Waals surface area contributed by atoms with Gasteiger partial charge in [0.25, 0.3) is 5.69 Å². The Morgan fingerprint density at radius 1 is 1.14 bits per heavy atom. The Hall–Kier alpha value is -3.27. The van der Waals surface area contributed by atoms with Gasteiger partial charge in [-0.3, -0.25) is 10.1 Å². The molecule has 0 saturated carbocycles. The Bertz CT molecular complexity index is 766. The summed E-state index contributed by atoms with van der Waals surface area (Å²) in [5.74, 6) is 2.01. The van der Waals surface area contributed by atoms with E-state index in [1.165, 1.54) is 18.2 Å². The van der Waals surface area contributed by atoms with Crippen LogP contribution in [0.4, 0.5) is 5.69 Å². The standard InChI is InChI=1S/C14H8N2O5/c15-7-9-5-10(1-3-12(9)16(17)18)21-11-2-4-13-14(6-11)20-8-19-13/h1-6H,8H2. The lowest BCUT2D eigenvalue weighted by molar-refractivity contribution is -0.385. The number of nitriles is 1. The Balaban J connectivity index is 1.88. The molecule has 2 aromatic rings. The number of ether oxygens (including phenoxy) is 3. The molecular formula is C14H8N2O5. The minimum absolute atomic E-state index is 0.0572. The molecule has 21 heavy (non-hydrogen) atoms. The van der Waals surface area contributed by atoms with E-state index in [4.69, 9.17) is 19.5 Å². The van der Waals surface area contributed by atoms with Crippen molar-refractivity contribution in [1.82, 2.24) is 0 Å². The average Bonchev–Trinajstić information content (AvgIpc) is 2.94. The van der Waals surface area contributed by atoms with Crippen molar-refractivity contribution in [2.24, 2.45) is 0 Å². The summed E-state index contributed by atoms with van der Waals surface area (Å²) >= 11 is 0. The Morgan fingerprint density at radius 3 is 2.62 bits per heavy atom. The quantitative estimate of drug-likeness (QED) is 0.635. The summed E-state index contributed by atoms with van der Waals surface area (Å²) in [7, 11) is 0. The second-order valence-corrected chi connectivity index (χ2v) is 4.16. The van der Waals surface area contributed by atoms with Crippen molar-refractivity contribution in [1.29, 1.82) is 5.26 Å². The van der Waals surface area contributed by atoms with Crippen LogP contribution in [0.2, 0.25) is 0 Å². The molecule has 0 unspecified atom stereocenters. The lowest BCUT2D eigenvalue weighted by atomic mass is 10.2. The van der Waals surface area contributed by atoms with Crippen LogP contribution in [0.1, 0.15) is 5.56 Å². The average molecular weight is 284 g/mol. The van der Waals surface area contributed by atoms with Crippen molar-refractivity contribution in [2.45, 2.75) is 0 Å². The van der Waals surface area contributed by atoms with Gasteiger partial charge in [-0.15, -0.1) is 0 Å². The van der Waals surface area contributed by atoms with E-state index in [0.29, 0.717) is 23.0 Å². The predicted octanol–water partition coefficient (Wildman–Crippen LogP) is 2.99. The highest BCUT2D eigenvalue weighted by Crippen LogP contribution is 2.37. The van der Waals surface area contributed by atoms with Crippen LogP contribution in [0.25, 0.3) is 0 Å². The Kier molecular flexibility index (Phi) is 3.04. The maximum absolute atomic E-state index is 10.8. The SMILES string of the molecule is N#Cc1cc(Oc2ccc3c(c2)OCO3)ccc1[N+](=O)[O-]. The molecule has 7 heteroatoms. The molecule has 7 nitrogen and oxygen atoms in total. The van der Waals surface area contributed by atoms with Gasteiger partial charge >= 0.3 is 0 Å². The van der Waals surface area contributed by atoms with E-state index in [1.807, 2.05) is 0 Å². The zero-order chi connectivity index (χ0) is 14.8. The molecule has 0 aromatic heterocycles. The molecule has 0 bridgehead atoms. The van der Waals surface area contributed by atoms with E-state index < -0.39 is 4.92 Å². The highest BCUT2D eigenvalue weighted by Gasteiger charge is 2.16. The van der Waals surface area contributed by atoms with Gasteiger partial charge in [-0.05, 0) is 18.2 Å². The number of benzene rings is 2. The van der Waals surface area contributed by atoms with Crippen LogP contribution in [0.3, 0.4) is 0 Å². The van der Waals surface area contributed by atoms with Gasteiger partial charge in [-0.1, -0.05) is 0 Å². The summed E-state index contributed by atoms with van der Waals surface area (Å²) in [6, 6.07) is 10.8. The monoisotopic (exact) mass is 284 g/mol. The molecule has 0 N–H and O–H groups in total. The molecule has 0 atom stereocenters. The molecule has 104 valence electrons. The predicted molar refractivity (Wildman–Crippen MR) is 70.5 cm³/mol. The zero-order valence-electron chi connectivity index (χ0n) is 10.6. The highest BCUT2D eigenvalue weighted by atomic mass is 16.7. The summed E-state index contributed by atoms with van der Waals surface area (Å²) in [6.07, 6.45) is 0. The molecule has 2 aromatic carbocycles. The van der Waals surface area contributed by atoms with Crippen molar-refractivity contribution >= 4 is 5.69 Å². The molecule has 1 heterocycles. The van der Waals surface area contributed by atoms with Crippen LogP contribution in [-0.2, 0) is 0 Å². The first-order valence-electron chi connectivity index (χ1n) is 5.93. The third kappa shape index (κ3) is 2.42. The van der Waals surface area contributed by atoms with Crippen molar-refractivity contribution in [3.8, 4) is 29.1 Å². The van der Waals surface area contributed by atoms with Crippen LogP contribution in [0.15, 0.2) is 36.4 Å². The summed E-state index contributed by atoms with van der Waals surface area (Å²) < 4.78 is 16.0. The van der Waals surface area contributed by atoms with Gasteiger partial charge in [-0.2, -0.15) is 5.26 Å². The molecular weight excluding hydrogens is 276 g/mol. The number of nitrogens with zero attached hydrogens (tertiary/aromatic N) is 2. The normalized spacial score (nSPS) is 11.8. The van der Waals surface area contributed by atoms with Crippen molar-refractivity contribution in [3.05, 3.63) is 52.1 Å². The van der Waals surface area contributed by atoms with E-state index in [9.17, 15) is 10.1 Å². The van der Waals surface area contributed by atoms with E-state index in [0.717, 1.165) is 0 Å². The third-order valence-electron chi connectivity index (χ3n) is 2.86.